The van der Waals surface area contributed by atoms with Crippen LogP contribution in [0.2, 0.25) is 0 Å². The molecular formula is C20H21NO4. The van der Waals surface area contributed by atoms with E-state index in [1.165, 1.54) is 6.07 Å². The number of ether oxygens (including phenoxy) is 2. The van der Waals surface area contributed by atoms with Crippen LogP contribution in [0.1, 0.15) is 25.3 Å². The first-order chi connectivity index (χ1) is 12.2. The van der Waals surface area contributed by atoms with Gasteiger partial charge < -0.3 is 19.6 Å². The summed E-state index contributed by atoms with van der Waals surface area (Å²) in [5.74, 6) is 0.665. The Bertz CT molecular complexity index is 903. The van der Waals surface area contributed by atoms with E-state index in [0.717, 1.165) is 18.4 Å². The highest BCUT2D eigenvalue weighted by Crippen LogP contribution is 2.33. The van der Waals surface area contributed by atoms with E-state index in [0.29, 0.717) is 29.9 Å². The normalized spacial score (nSPS) is 10.8. The lowest BCUT2D eigenvalue weighted by molar-refractivity contribution is 0.258. The highest BCUT2D eigenvalue weighted by Gasteiger charge is 2.16. The summed E-state index contributed by atoms with van der Waals surface area (Å²) in [6.45, 7) is 2.83. The number of aromatic amines is 1. The molecule has 0 bridgehead atoms. The zero-order chi connectivity index (χ0) is 17.6. The third kappa shape index (κ3) is 3.94. The van der Waals surface area contributed by atoms with Gasteiger partial charge in [-0.1, -0.05) is 43.7 Å². The molecular weight excluding hydrogens is 318 g/mol. The number of aromatic hydroxyl groups is 1. The van der Waals surface area contributed by atoms with Crippen LogP contribution in [-0.2, 0) is 6.61 Å². The molecule has 0 aliphatic heterocycles. The van der Waals surface area contributed by atoms with Gasteiger partial charge in [0.1, 0.15) is 12.4 Å². The molecule has 5 heteroatoms. The fourth-order valence-electron chi connectivity index (χ4n) is 2.56. The van der Waals surface area contributed by atoms with E-state index in [1.807, 2.05) is 30.3 Å². The molecule has 3 aromatic rings. The lowest BCUT2D eigenvalue weighted by atomic mass is 10.2. The Morgan fingerprint density at radius 1 is 1.04 bits per heavy atom. The number of aromatic nitrogens is 1. The Balaban J connectivity index is 2.01. The fraction of sp³-hybridized carbons (Fsp3) is 0.250. The zero-order valence-corrected chi connectivity index (χ0v) is 14.1. The summed E-state index contributed by atoms with van der Waals surface area (Å²) in [6.07, 6.45) is 1.82. The summed E-state index contributed by atoms with van der Waals surface area (Å²) in [5, 5.41) is 10.4. The molecule has 0 aliphatic rings. The molecule has 130 valence electrons. The molecule has 0 radical (unpaired) electrons. The number of fused-ring (bicyclic) bond motifs is 1. The molecule has 0 unspecified atom stereocenters. The topological polar surface area (TPSA) is 71.5 Å². The maximum atomic E-state index is 12.4. The Kier molecular flexibility index (Phi) is 5.23. The first-order valence-electron chi connectivity index (χ1n) is 8.37. The standard InChI is InChI=1S/C20H21NO4/c1-2-3-11-24-19-18(25-13-14-7-5-4-6-8-14)16-10-9-15(22)12-17(16)21-20(19)23/h4-10,12,22H,2-3,11,13H2,1H3,(H,21,23). The summed E-state index contributed by atoms with van der Waals surface area (Å²) in [5.41, 5.74) is 1.14. The number of rotatable bonds is 7. The highest BCUT2D eigenvalue weighted by molar-refractivity contribution is 5.88. The second-order valence-electron chi connectivity index (χ2n) is 5.82. The third-order valence-electron chi connectivity index (χ3n) is 3.88. The molecule has 3 rings (SSSR count). The number of hydrogen-bond acceptors (Lipinski definition) is 4. The number of benzene rings is 2. The molecule has 2 aromatic carbocycles. The maximum Gasteiger partial charge on any atom is 0.294 e. The molecule has 0 fully saturated rings. The van der Waals surface area contributed by atoms with Crippen molar-refractivity contribution >= 4 is 10.9 Å². The van der Waals surface area contributed by atoms with Crippen LogP contribution in [0.3, 0.4) is 0 Å². The Morgan fingerprint density at radius 3 is 2.60 bits per heavy atom. The minimum atomic E-state index is -0.364. The van der Waals surface area contributed by atoms with Gasteiger partial charge in [-0.2, -0.15) is 0 Å². The second-order valence-corrected chi connectivity index (χ2v) is 5.82. The molecule has 0 spiro atoms. The van der Waals surface area contributed by atoms with Crippen LogP contribution in [0, 0.1) is 0 Å². The minimum absolute atomic E-state index is 0.0804. The number of hydrogen-bond donors (Lipinski definition) is 2. The minimum Gasteiger partial charge on any atom is -0.508 e. The van der Waals surface area contributed by atoms with E-state index in [1.54, 1.807) is 12.1 Å². The van der Waals surface area contributed by atoms with E-state index < -0.39 is 0 Å². The Hall–Kier alpha value is -2.95. The molecule has 0 saturated heterocycles. The van der Waals surface area contributed by atoms with Crippen molar-refractivity contribution in [2.24, 2.45) is 0 Å². The number of pyridine rings is 1. The predicted molar refractivity (Wildman–Crippen MR) is 97.4 cm³/mol. The molecule has 25 heavy (non-hydrogen) atoms. The van der Waals surface area contributed by atoms with Gasteiger partial charge in [0.05, 0.1) is 12.1 Å². The smallest absolute Gasteiger partial charge is 0.294 e. The molecule has 2 N–H and O–H groups in total. The highest BCUT2D eigenvalue weighted by atomic mass is 16.5. The Labute approximate surface area is 145 Å². The van der Waals surface area contributed by atoms with E-state index >= 15 is 0 Å². The average molecular weight is 339 g/mol. The summed E-state index contributed by atoms with van der Waals surface area (Å²) in [4.78, 5) is 15.2. The Morgan fingerprint density at radius 2 is 1.84 bits per heavy atom. The molecule has 1 heterocycles. The van der Waals surface area contributed by atoms with Crippen LogP contribution in [0.4, 0.5) is 0 Å². The van der Waals surface area contributed by atoms with Crippen LogP contribution in [0.15, 0.2) is 53.3 Å². The summed E-state index contributed by atoms with van der Waals surface area (Å²) >= 11 is 0. The van der Waals surface area contributed by atoms with Crippen molar-refractivity contribution in [3.8, 4) is 17.2 Å². The van der Waals surface area contributed by atoms with Crippen molar-refractivity contribution in [3.63, 3.8) is 0 Å². The van der Waals surface area contributed by atoms with Gasteiger partial charge in [0.25, 0.3) is 5.56 Å². The molecule has 0 aliphatic carbocycles. The first-order valence-corrected chi connectivity index (χ1v) is 8.37. The zero-order valence-electron chi connectivity index (χ0n) is 14.1. The van der Waals surface area contributed by atoms with Gasteiger partial charge in [0.15, 0.2) is 5.75 Å². The quantitative estimate of drug-likeness (QED) is 0.639. The van der Waals surface area contributed by atoms with Crippen molar-refractivity contribution < 1.29 is 14.6 Å². The number of H-pyrrole nitrogens is 1. The van der Waals surface area contributed by atoms with Gasteiger partial charge in [-0.05, 0) is 24.1 Å². The van der Waals surface area contributed by atoms with Crippen molar-refractivity contribution in [2.45, 2.75) is 26.4 Å². The van der Waals surface area contributed by atoms with Crippen LogP contribution >= 0.6 is 0 Å². The predicted octanol–water partition coefficient (Wildman–Crippen LogP) is 3.99. The van der Waals surface area contributed by atoms with Crippen molar-refractivity contribution in [1.82, 2.24) is 4.98 Å². The molecule has 0 amide bonds. The largest absolute Gasteiger partial charge is 0.508 e. The molecule has 5 nitrogen and oxygen atoms in total. The monoisotopic (exact) mass is 339 g/mol. The van der Waals surface area contributed by atoms with E-state index in [9.17, 15) is 9.90 Å². The number of nitrogens with one attached hydrogen (secondary N) is 1. The third-order valence-corrected chi connectivity index (χ3v) is 3.88. The number of phenols is 1. The van der Waals surface area contributed by atoms with Gasteiger partial charge >= 0.3 is 0 Å². The van der Waals surface area contributed by atoms with Crippen LogP contribution in [0.25, 0.3) is 10.9 Å². The molecule has 0 atom stereocenters. The summed E-state index contributed by atoms with van der Waals surface area (Å²) < 4.78 is 11.7. The number of phenolic OH excluding ortho intramolecular Hbond substituents is 1. The van der Waals surface area contributed by atoms with E-state index in [-0.39, 0.29) is 17.1 Å². The SMILES string of the molecule is CCCCOc1c(OCc2ccccc2)c2ccc(O)cc2[nH]c1=O. The lowest BCUT2D eigenvalue weighted by Crippen LogP contribution is -2.14. The van der Waals surface area contributed by atoms with Crippen LogP contribution < -0.4 is 15.0 Å². The molecule has 1 aromatic heterocycles. The van der Waals surface area contributed by atoms with Gasteiger partial charge in [-0.3, -0.25) is 4.79 Å². The van der Waals surface area contributed by atoms with Gasteiger partial charge in [-0.15, -0.1) is 0 Å². The van der Waals surface area contributed by atoms with E-state index in [4.69, 9.17) is 9.47 Å². The first kappa shape index (κ1) is 16.9. The fourth-order valence-corrected chi connectivity index (χ4v) is 2.56. The number of unbranched alkanes of at least 4 members (excludes halogenated alkanes) is 1. The van der Waals surface area contributed by atoms with Crippen molar-refractivity contribution in [3.05, 3.63) is 64.4 Å². The van der Waals surface area contributed by atoms with Crippen molar-refractivity contribution in [2.75, 3.05) is 6.61 Å². The summed E-state index contributed by atoms with van der Waals surface area (Å²) in [6, 6.07) is 14.5. The summed E-state index contributed by atoms with van der Waals surface area (Å²) in [7, 11) is 0. The molecule has 0 saturated carbocycles. The van der Waals surface area contributed by atoms with Crippen LogP contribution in [0.5, 0.6) is 17.2 Å². The van der Waals surface area contributed by atoms with Crippen molar-refractivity contribution in [1.29, 1.82) is 0 Å². The van der Waals surface area contributed by atoms with Gasteiger partial charge in [0.2, 0.25) is 5.75 Å². The van der Waals surface area contributed by atoms with Gasteiger partial charge in [0, 0.05) is 11.5 Å². The second kappa shape index (κ2) is 7.75. The van der Waals surface area contributed by atoms with Gasteiger partial charge in [-0.25, -0.2) is 0 Å². The van der Waals surface area contributed by atoms with Crippen LogP contribution in [-0.4, -0.2) is 16.7 Å². The average Bonchev–Trinajstić information content (AvgIpc) is 2.62. The maximum absolute atomic E-state index is 12.4. The van der Waals surface area contributed by atoms with E-state index in [2.05, 4.69) is 11.9 Å². The lowest BCUT2D eigenvalue weighted by Gasteiger charge is -2.14.